The van der Waals surface area contributed by atoms with Gasteiger partial charge in [-0.15, -0.1) is 12.4 Å². The second-order valence-electron chi connectivity index (χ2n) is 5.16. The fourth-order valence-corrected chi connectivity index (χ4v) is 2.42. The van der Waals surface area contributed by atoms with Gasteiger partial charge in [0.05, 0.1) is 20.8 Å². The molecule has 2 aromatic carbocycles. The van der Waals surface area contributed by atoms with Gasteiger partial charge in [0.1, 0.15) is 5.75 Å². The van der Waals surface area contributed by atoms with E-state index in [1.807, 2.05) is 31.2 Å². The van der Waals surface area contributed by atoms with Crippen LogP contribution >= 0.6 is 12.4 Å². The second-order valence-corrected chi connectivity index (χ2v) is 5.16. The van der Waals surface area contributed by atoms with Crippen LogP contribution in [0.3, 0.4) is 0 Å². The van der Waals surface area contributed by atoms with Crippen molar-refractivity contribution in [3.8, 4) is 17.2 Å². The van der Waals surface area contributed by atoms with Crippen LogP contribution < -0.4 is 19.5 Å². The van der Waals surface area contributed by atoms with Crippen LogP contribution in [0.4, 0.5) is 0 Å². The first-order chi connectivity index (χ1) is 11.3. The van der Waals surface area contributed by atoms with Gasteiger partial charge in [-0.05, 0) is 43.7 Å². The molecule has 1 N–H and O–H groups in total. The van der Waals surface area contributed by atoms with E-state index in [9.17, 15) is 0 Å². The lowest BCUT2D eigenvalue weighted by Crippen LogP contribution is -2.17. The van der Waals surface area contributed by atoms with Gasteiger partial charge in [0.15, 0.2) is 11.5 Å². The molecule has 0 atom stereocenters. The minimum atomic E-state index is 0. The highest BCUT2D eigenvalue weighted by molar-refractivity contribution is 5.85. The first kappa shape index (κ1) is 20.1. The highest BCUT2D eigenvalue weighted by atomic mass is 35.5. The van der Waals surface area contributed by atoms with E-state index >= 15 is 0 Å². The van der Waals surface area contributed by atoms with Crippen LogP contribution in [0.15, 0.2) is 42.5 Å². The van der Waals surface area contributed by atoms with Crippen LogP contribution in [-0.4, -0.2) is 27.4 Å². The van der Waals surface area contributed by atoms with Gasteiger partial charge in [-0.25, -0.2) is 0 Å². The number of benzene rings is 2. The molecule has 0 saturated carbocycles. The van der Waals surface area contributed by atoms with Crippen molar-refractivity contribution in [2.75, 3.05) is 27.4 Å². The second kappa shape index (κ2) is 10.8. The average Bonchev–Trinajstić information content (AvgIpc) is 2.60. The molecule has 0 aliphatic carbocycles. The van der Waals surface area contributed by atoms with Crippen molar-refractivity contribution in [3.63, 3.8) is 0 Å². The SMILES string of the molecule is CCOc1c(CNCCc2ccc(OC)cc2)cccc1OC.Cl. The first-order valence-corrected chi connectivity index (χ1v) is 7.90. The number of ether oxygens (including phenoxy) is 3. The van der Waals surface area contributed by atoms with Crippen LogP contribution in [0.5, 0.6) is 17.2 Å². The Balaban J connectivity index is 0.00000288. The summed E-state index contributed by atoms with van der Waals surface area (Å²) in [4.78, 5) is 0. The molecule has 5 heteroatoms. The Hall–Kier alpha value is -1.91. The monoisotopic (exact) mass is 351 g/mol. The van der Waals surface area contributed by atoms with Crippen molar-refractivity contribution in [1.82, 2.24) is 5.32 Å². The largest absolute Gasteiger partial charge is 0.497 e. The number of methoxy groups -OCH3 is 2. The first-order valence-electron chi connectivity index (χ1n) is 7.90. The molecule has 0 saturated heterocycles. The Kier molecular flexibility index (Phi) is 9.05. The summed E-state index contributed by atoms with van der Waals surface area (Å²) in [5.41, 5.74) is 2.40. The molecule has 4 nitrogen and oxygen atoms in total. The maximum Gasteiger partial charge on any atom is 0.165 e. The molecule has 0 aliphatic rings. The van der Waals surface area contributed by atoms with Gasteiger partial charge in [0, 0.05) is 12.1 Å². The van der Waals surface area contributed by atoms with E-state index in [0.717, 1.165) is 42.3 Å². The summed E-state index contributed by atoms with van der Waals surface area (Å²) in [6.45, 7) is 4.25. The van der Waals surface area contributed by atoms with Crippen molar-refractivity contribution >= 4 is 12.4 Å². The summed E-state index contributed by atoms with van der Waals surface area (Å²) in [7, 11) is 3.35. The molecule has 0 bridgehead atoms. The molecule has 0 aromatic heterocycles. The molecule has 132 valence electrons. The van der Waals surface area contributed by atoms with Crippen molar-refractivity contribution in [3.05, 3.63) is 53.6 Å². The highest BCUT2D eigenvalue weighted by Gasteiger charge is 2.09. The van der Waals surface area contributed by atoms with E-state index in [1.54, 1.807) is 14.2 Å². The summed E-state index contributed by atoms with van der Waals surface area (Å²) in [6, 6.07) is 14.1. The van der Waals surface area contributed by atoms with Crippen LogP contribution in [0.25, 0.3) is 0 Å². The van der Waals surface area contributed by atoms with Crippen molar-refractivity contribution in [2.45, 2.75) is 19.9 Å². The highest BCUT2D eigenvalue weighted by Crippen LogP contribution is 2.30. The van der Waals surface area contributed by atoms with E-state index in [1.165, 1.54) is 5.56 Å². The molecule has 0 unspecified atom stereocenters. The third-order valence-electron chi connectivity index (χ3n) is 3.63. The normalized spacial score (nSPS) is 9.96. The van der Waals surface area contributed by atoms with Crippen molar-refractivity contribution in [2.24, 2.45) is 0 Å². The number of nitrogens with one attached hydrogen (secondary N) is 1. The Morgan fingerprint density at radius 1 is 0.958 bits per heavy atom. The van der Waals surface area contributed by atoms with E-state index in [0.29, 0.717) is 6.61 Å². The van der Waals surface area contributed by atoms with Crippen LogP contribution in [0.1, 0.15) is 18.1 Å². The fourth-order valence-electron chi connectivity index (χ4n) is 2.42. The van der Waals surface area contributed by atoms with Gasteiger partial charge in [-0.3, -0.25) is 0 Å². The van der Waals surface area contributed by atoms with Gasteiger partial charge in [0.2, 0.25) is 0 Å². The lowest BCUT2D eigenvalue weighted by Gasteiger charge is -2.14. The minimum absolute atomic E-state index is 0. The molecular weight excluding hydrogens is 326 g/mol. The van der Waals surface area contributed by atoms with Crippen LogP contribution in [0.2, 0.25) is 0 Å². The predicted octanol–water partition coefficient (Wildman–Crippen LogP) is 3.86. The Labute approximate surface area is 150 Å². The molecule has 0 spiro atoms. The summed E-state index contributed by atoms with van der Waals surface area (Å²) in [6.07, 6.45) is 0.970. The molecule has 24 heavy (non-hydrogen) atoms. The van der Waals surface area contributed by atoms with E-state index in [2.05, 4.69) is 23.5 Å². The summed E-state index contributed by atoms with van der Waals surface area (Å²) >= 11 is 0. The molecule has 2 rings (SSSR count). The number of hydrogen-bond acceptors (Lipinski definition) is 4. The molecule has 0 aliphatic heterocycles. The Morgan fingerprint density at radius 3 is 2.33 bits per heavy atom. The Morgan fingerprint density at radius 2 is 1.71 bits per heavy atom. The fraction of sp³-hybridized carbons (Fsp3) is 0.368. The van der Waals surface area contributed by atoms with Crippen LogP contribution in [0, 0.1) is 0 Å². The quantitative estimate of drug-likeness (QED) is 0.696. The van der Waals surface area contributed by atoms with E-state index in [4.69, 9.17) is 14.2 Å². The van der Waals surface area contributed by atoms with Crippen LogP contribution in [-0.2, 0) is 13.0 Å². The molecule has 0 amide bonds. The Bertz CT molecular complexity index is 602. The van der Waals surface area contributed by atoms with E-state index in [-0.39, 0.29) is 12.4 Å². The van der Waals surface area contributed by atoms with Gasteiger partial charge in [0.25, 0.3) is 0 Å². The van der Waals surface area contributed by atoms with Gasteiger partial charge < -0.3 is 19.5 Å². The molecular formula is C19H26ClNO3. The maximum atomic E-state index is 5.72. The van der Waals surface area contributed by atoms with E-state index < -0.39 is 0 Å². The molecule has 2 aromatic rings. The zero-order chi connectivity index (χ0) is 16.5. The molecule has 0 radical (unpaired) electrons. The smallest absolute Gasteiger partial charge is 0.165 e. The predicted molar refractivity (Wildman–Crippen MR) is 99.8 cm³/mol. The van der Waals surface area contributed by atoms with Crippen molar-refractivity contribution in [1.29, 1.82) is 0 Å². The third kappa shape index (κ3) is 5.62. The maximum absolute atomic E-state index is 5.72. The van der Waals surface area contributed by atoms with Gasteiger partial charge in [-0.1, -0.05) is 24.3 Å². The molecule has 0 heterocycles. The zero-order valence-electron chi connectivity index (χ0n) is 14.5. The van der Waals surface area contributed by atoms with Gasteiger partial charge in [-0.2, -0.15) is 0 Å². The minimum Gasteiger partial charge on any atom is -0.497 e. The number of para-hydroxylation sites is 1. The number of halogens is 1. The van der Waals surface area contributed by atoms with Crippen molar-refractivity contribution < 1.29 is 14.2 Å². The number of hydrogen-bond donors (Lipinski definition) is 1. The third-order valence-corrected chi connectivity index (χ3v) is 3.63. The van der Waals surface area contributed by atoms with Gasteiger partial charge >= 0.3 is 0 Å². The summed E-state index contributed by atoms with van der Waals surface area (Å²) < 4.78 is 16.3. The standard InChI is InChI=1S/C19H25NO3.ClH/c1-4-23-19-16(6-5-7-18(19)22-3)14-20-13-12-15-8-10-17(21-2)11-9-15;/h5-11,20H,4,12-14H2,1-3H3;1H. The topological polar surface area (TPSA) is 39.7 Å². The zero-order valence-corrected chi connectivity index (χ0v) is 15.3. The lowest BCUT2D eigenvalue weighted by atomic mass is 10.1. The average molecular weight is 352 g/mol. The summed E-state index contributed by atoms with van der Waals surface area (Å²) in [5.74, 6) is 2.50. The molecule has 0 fully saturated rings. The number of rotatable bonds is 9. The summed E-state index contributed by atoms with van der Waals surface area (Å²) in [5, 5.41) is 3.46. The lowest BCUT2D eigenvalue weighted by molar-refractivity contribution is 0.307.